The molecule has 17 heavy (non-hydrogen) atoms. The Labute approximate surface area is 110 Å². The van der Waals surface area contributed by atoms with E-state index in [0.717, 1.165) is 15.6 Å². The summed E-state index contributed by atoms with van der Waals surface area (Å²) in [6, 6.07) is 5.80. The lowest BCUT2D eigenvalue weighted by molar-refractivity contribution is -0.427. The van der Waals surface area contributed by atoms with E-state index in [-0.39, 0.29) is 16.5 Å². The normalized spacial score (nSPS) is 11.9. The van der Waals surface area contributed by atoms with E-state index in [9.17, 15) is 10.1 Å². The molecular weight excluding hydrogens is 282 g/mol. The molecule has 3 nitrogen and oxygen atoms in total. The zero-order valence-corrected chi connectivity index (χ0v) is 11.8. The van der Waals surface area contributed by atoms with E-state index >= 15 is 0 Å². The molecule has 0 aliphatic heterocycles. The highest BCUT2D eigenvalue weighted by atomic mass is 79.9. The summed E-state index contributed by atoms with van der Waals surface area (Å²) in [5.74, 6) is 0.274. The van der Waals surface area contributed by atoms with Crippen LogP contribution in [0.3, 0.4) is 0 Å². The number of halogens is 1. The zero-order chi connectivity index (χ0) is 13.0. The van der Waals surface area contributed by atoms with E-state index in [1.807, 2.05) is 39.0 Å². The number of allylic oxidation sites excluding steroid dienone is 1. The third-order valence-electron chi connectivity index (χ3n) is 2.33. The Hall–Kier alpha value is -1.16. The molecule has 0 aliphatic rings. The molecule has 1 aromatic carbocycles. The molecule has 4 heteroatoms. The molecule has 0 bridgehead atoms. The minimum Gasteiger partial charge on any atom is -0.259 e. The van der Waals surface area contributed by atoms with Gasteiger partial charge in [-0.15, -0.1) is 0 Å². The second kappa shape index (κ2) is 5.96. The van der Waals surface area contributed by atoms with Crippen molar-refractivity contribution in [1.82, 2.24) is 0 Å². The van der Waals surface area contributed by atoms with Crippen molar-refractivity contribution in [2.75, 3.05) is 0 Å². The van der Waals surface area contributed by atoms with Crippen molar-refractivity contribution in [1.29, 1.82) is 0 Å². The topological polar surface area (TPSA) is 43.1 Å². The number of nitrogens with zero attached hydrogens (tertiary/aromatic N) is 1. The lowest BCUT2D eigenvalue weighted by Gasteiger charge is -2.04. The van der Waals surface area contributed by atoms with Gasteiger partial charge >= 0.3 is 0 Å². The van der Waals surface area contributed by atoms with E-state index < -0.39 is 0 Å². The molecule has 0 amide bonds. The largest absolute Gasteiger partial charge is 0.259 e. The quantitative estimate of drug-likeness (QED) is 0.610. The van der Waals surface area contributed by atoms with Crippen LogP contribution in [-0.2, 0) is 0 Å². The Bertz CT molecular complexity index is 453. The van der Waals surface area contributed by atoms with Gasteiger partial charge in [0.15, 0.2) is 0 Å². The first-order valence-electron chi connectivity index (χ1n) is 5.51. The molecule has 0 heterocycles. The molecule has 0 fully saturated rings. The molecule has 0 atom stereocenters. The lowest BCUT2D eigenvalue weighted by atomic mass is 10.1. The summed E-state index contributed by atoms with van der Waals surface area (Å²) in [6.07, 6.45) is 2.12. The first kappa shape index (κ1) is 13.9. The molecule has 0 unspecified atom stereocenters. The summed E-state index contributed by atoms with van der Waals surface area (Å²) in [5.41, 5.74) is 2.23. The van der Waals surface area contributed by atoms with Crippen molar-refractivity contribution in [3.05, 3.63) is 49.6 Å². The van der Waals surface area contributed by atoms with Crippen LogP contribution < -0.4 is 0 Å². The number of hydrogen-bond donors (Lipinski definition) is 0. The number of nitro groups is 1. The lowest BCUT2D eigenvalue weighted by Crippen LogP contribution is -2.02. The summed E-state index contributed by atoms with van der Waals surface area (Å²) in [6.45, 7) is 5.93. The molecule has 0 radical (unpaired) electrons. The highest BCUT2D eigenvalue weighted by Gasteiger charge is 2.13. The minimum atomic E-state index is -0.299. The molecule has 1 aromatic rings. The molecule has 0 saturated heterocycles. The SMILES string of the molecule is Cc1ccc(/C=C(/CC(C)C)[N+](=O)[O-])c(Br)c1. The van der Waals surface area contributed by atoms with Crippen LogP contribution in [-0.4, -0.2) is 4.92 Å². The monoisotopic (exact) mass is 297 g/mol. The molecule has 0 aliphatic carbocycles. The average molecular weight is 298 g/mol. The Morgan fingerprint density at radius 1 is 1.53 bits per heavy atom. The van der Waals surface area contributed by atoms with Crippen LogP contribution in [0.1, 0.15) is 31.4 Å². The van der Waals surface area contributed by atoms with Crippen molar-refractivity contribution >= 4 is 22.0 Å². The Kier molecular flexibility index (Phi) is 4.87. The molecule has 0 saturated carbocycles. The van der Waals surface area contributed by atoms with E-state index in [2.05, 4.69) is 15.9 Å². The summed E-state index contributed by atoms with van der Waals surface area (Å²) < 4.78 is 0.889. The smallest absolute Gasteiger partial charge is 0.247 e. The van der Waals surface area contributed by atoms with Gasteiger partial charge in [-0.05, 0) is 30.0 Å². The molecule has 0 aromatic heterocycles. The molecule has 1 rings (SSSR count). The summed E-state index contributed by atoms with van der Waals surface area (Å²) in [4.78, 5) is 10.6. The maximum absolute atomic E-state index is 10.9. The zero-order valence-electron chi connectivity index (χ0n) is 10.2. The van der Waals surface area contributed by atoms with Crippen molar-refractivity contribution in [3.63, 3.8) is 0 Å². The van der Waals surface area contributed by atoms with Crippen molar-refractivity contribution in [2.24, 2.45) is 5.92 Å². The van der Waals surface area contributed by atoms with Crippen LogP contribution in [0.2, 0.25) is 0 Å². The van der Waals surface area contributed by atoms with Crippen LogP contribution in [0.15, 0.2) is 28.4 Å². The molecular formula is C13H16BrNO2. The Morgan fingerprint density at radius 2 is 2.18 bits per heavy atom. The van der Waals surface area contributed by atoms with E-state index in [0.29, 0.717) is 6.42 Å². The summed E-state index contributed by atoms with van der Waals surface area (Å²) >= 11 is 3.42. The summed E-state index contributed by atoms with van der Waals surface area (Å²) in [5, 5.41) is 10.9. The number of rotatable bonds is 4. The first-order valence-corrected chi connectivity index (χ1v) is 6.30. The van der Waals surface area contributed by atoms with Crippen LogP contribution in [0, 0.1) is 23.0 Å². The average Bonchev–Trinajstić information content (AvgIpc) is 2.19. The van der Waals surface area contributed by atoms with E-state index in [1.165, 1.54) is 0 Å². The van der Waals surface area contributed by atoms with Gasteiger partial charge in [0, 0.05) is 17.0 Å². The number of aryl methyl sites for hydroxylation is 1. The van der Waals surface area contributed by atoms with Gasteiger partial charge in [-0.25, -0.2) is 0 Å². The van der Waals surface area contributed by atoms with Crippen LogP contribution in [0.25, 0.3) is 6.08 Å². The Morgan fingerprint density at radius 3 is 2.65 bits per heavy atom. The maximum Gasteiger partial charge on any atom is 0.247 e. The van der Waals surface area contributed by atoms with Gasteiger partial charge < -0.3 is 0 Å². The standard InChI is InChI=1S/C13H16BrNO2/c1-9(2)6-12(15(16)17)8-11-5-4-10(3)7-13(11)14/h4-5,7-9H,6H2,1-3H3/b12-8-. The predicted molar refractivity (Wildman–Crippen MR) is 73.3 cm³/mol. The third kappa shape index (κ3) is 4.30. The molecule has 92 valence electrons. The van der Waals surface area contributed by atoms with Gasteiger partial charge in [0.1, 0.15) is 0 Å². The predicted octanol–water partition coefficient (Wildman–Crippen LogP) is 4.42. The van der Waals surface area contributed by atoms with Crippen LogP contribution in [0.4, 0.5) is 0 Å². The Balaban J connectivity index is 3.08. The minimum absolute atomic E-state index is 0.254. The second-order valence-electron chi connectivity index (χ2n) is 4.52. The van der Waals surface area contributed by atoms with Crippen molar-refractivity contribution in [2.45, 2.75) is 27.2 Å². The van der Waals surface area contributed by atoms with Crippen LogP contribution in [0.5, 0.6) is 0 Å². The fourth-order valence-electron chi connectivity index (χ4n) is 1.53. The number of benzene rings is 1. The van der Waals surface area contributed by atoms with Gasteiger partial charge in [0.05, 0.1) is 4.92 Å². The fraction of sp³-hybridized carbons (Fsp3) is 0.385. The molecule has 0 spiro atoms. The van der Waals surface area contributed by atoms with Crippen molar-refractivity contribution < 1.29 is 4.92 Å². The van der Waals surface area contributed by atoms with E-state index in [4.69, 9.17) is 0 Å². The number of hydrogen-bond acceptors (Lipinski definition) is 2. The highest BCUT2D eigenvalue weighted by molar-refractivity contribution is 9.10. The van der Waals surface area contributed by atoms with Gasteiger partial charge in [0.2, 0.25) is 5.70 Å². The maximum atomic E-state index is 10.9. The van der Waals surface area contributed by atoms with E-state index in [1.54, 1.807) is 6.08 Å². The highest BCUT2D eigenvalue weighted by Crippen LogP contribution is 2.23. The van der Waals surface area contributed by atoms with Gasteiger partial charge in [-0.3, -0.25) is 10.1 Å². The first-order chi connectivity index (χ1) is 7.90. The second-order valence-corrected chi connectivity index (χ2v) is 5.37. The van der Waals surface area contributed by atoms with Crippen LogP contribution >= 0.6 is 15.9 Å². The van der Waals surface area contributed by atoms with Gasteiger partial charge in [-0.1, -0.05) is 41.9 Å². The summed E-state index contributed by atoms with van der Waals surface area (Å²) in [7, 11) is 0. The van der Waals surface area contributed by atoms with Gasteiger partial charge in [0.25, 0.3) is 0 Å². The fourth-order valence-corrected chi connectivity index (χ4v) is 2.14. The third-order valence-corrected chi connectivity index (χ3v) is 3.02. The molecule has 0 N–H and O–H groups in total. The van der Waals surface area contributed by atoms with Crippen molar-refractivity contribution in [3.8, 4) is 0 Å². The van der Waals surface area contributed by atoms with Gasteiger partial charge in [-0.2, -0.15) is 0 Å².